The molecule has 98 valence electrons. The Hall–Kier alpha value is -1.58. The molecule has 1 aromatic heterocycles. The van der Waals surface area contributed by atoms with E-state index in [1.54, 1.807) is 0 Å². The van der Waals surface area contributed by atoms with Gasteiger partial charge in [0.15, 0.2) is 0 Å². The first kappa shape index (κ1) is 12.9. The van der Waals surface area contributed by atoms with Crippen LogP contribution in [0.1, 0.15) is 31.5 Å². The van der Waals surface area contributed by atoms with Gasteiger partial charge in [-0.15, -0.1) is 0 Å². The van der Waals surface area contributed by atoms with Gasteiger partial charge in [0.05, 0.1) is 0 Å². The summed E-state index contributed by atoms with van der Waals surface area (Å²) in [5, 5.41) is 7.55. The maximum Gasteiger partial charge on any atom is 0.129 e. The minimum absolute atomic E-state index is 0.111. The van der Waals surface area contributed by atoms with Crippen LogP contribution >= 0.6 is 0 Å². The van der Waals surface area contributed by atoms with Crippen molar-refractivity contribution in [3.8, 4) is 0 Å². The van der Waals surface area contributed by atoms with E-state index in [1.807, 2.05) is 19.1 Å². The van der Waals surface area contributed by atoms with Crippen LogP contribution in [-0.2, 0) is 0 Å². The summed E-state index contributed by atoms with van der Waals surface area (Å²) in [4.78, 5) is 6.88. The van der Waals surface area contributed by atoms with Gasteiger partial charge >= 0.3 is 0 Å². The lowest BCUT2D eigenvalue weighted by Crippen LogP contribution is -2.39. The molecule has 4 heteroatoms. The van der Waals surface area contributed by atoms with Crippen LogP contribution in [0.15, 0.2) is 12.1 Å². The first-order valence-corrected chi connectivity index (χ1v) is 6.55. The largest absolute Gasteiger partial charge is 0.384 e. The van der Waals surface area contributed by atoms with Gasteiger partial charge in [0.2, 0.25) is 0 Å². The SMILES string of the molecule is Cc1cc(C(=N)N)cc(N2CCC(C)C(C)C2)n1. The summed E-state index contributed by atoms with van der Waals surface area (Å²) in [5.41, 5.74) is 7.26. The molecule has 0 aliphatic carbocycles. The van der Waals surface area contributed by atoms with E-state index >= 15 is 0 Å². The molecular formula is C14H22N4. The lowest BCUT2D eigenvalue weighted by Gasteiger charge is -2.36. The van der Waals surface area contributed by atoms with Crippen molar-refractivity contribution in [3.05, 3.63) is 23.4 Å². The number of amidine groups is 1. The number of nitrogens with zero attached hydrogens (tertiary/aromatic N) is 2. The zero-order valence-corrected chi connectivity index (χ0v) is 11.4. The average Bonchev–Trinajstić information content (AvgIpc) is 2.31. The zero-order valence-electron chi connectivity index (χ0n) is 11.4. The van der Waals surface area contributed by atoms with Crippen molar-refractivity contribution in [1.82, 2.24) is 4.98 Å². The number of hydrogen-bond acceptors (Lipinski definition) is 3. The van der Waals surface area contributed by atoms with E-state index in [-0.39, 0.29) is 5.84 Å². The second kappa shape index (κ2) is 4.96. The highest BCUT2D eigenvalue weighted by Gasteiger charge is 2.23. The van der Waals surface area contributed by atoms with Crippen LogP contribution in [-0.4, -0.2) is 23.9 Å². The summed E-state index contributed by atoms with van der Waals surface area (Å²) in [5.74, 6) is 2.53. The Balaban J connectivity index is 2.25. The number of anilines is 1. The molecule has 0 amide bonds. The van der Waals surface area contributed by atoms with Crippen LogP contribution in [0.4, 0.5) is 5.82 Å². The first-order valence-electron chi connectivity index (χ1n) is 6.55. The zero-order chi connectivity index (χ0) is 13.3. The van der Waals surface area contributed by atoms with Gasteiger partial charge < -0.3 is 10.6 Å². The van der Waals surface area contributed by atoms with E-state index in [0.29, 0.717) is 5.92 Å². The Morgan fingerprint density at radius 1 is 1.39 bits per heavy atom. The molecule has 1 aliphatic heterocycles. The predicted octanol–water partition coefficient (Wildman–Crippen LogP) is 2.16. The van der Waals surface area contributed by atoms with E-state index in [9.17, 15) is 0 Å². The Kier molecular flexibility index (Phi) is 3.55. The number of rotatable bonds is 2. The summed E-state index contributed by atoms with van der Waals surface area (Å²) in [6, 6.07) is 3.79. The number of nitrogens with one attached hydrogen (secondary N) is 1. The Bertz CT molecular complexity index is 455. The van der Waals surface area contributed by atoms with Gasteiger partial charge in [0.25, 0.3) is 0 Å². The van der Waals surface area contributed by atoms with Gasteiger partial charge in [0.1, 0.15) is 11.7 Å². The molecule has 1 fully saturated rings. The van der Waals surface area contributed by atoms with Gasteiger partial charge in [-0.2, -0.15) is 0 Å². The number of aryl methyl sites for hydroxylation is 1. The van der Waals surface area contributed by atoms with E-state index < -0.39 is 0 Å². The van der Waals surface area contributed by atoms with E-state index in [4.69, 9.17) is 11.1 Å². The molecule has 2 atom stereocenters. The Labute approximate surface area is 109 Å². The minimum Gasteiger partial charge on any atom is -0.384 e. The topological polar surface area (TPSA) is 66.0 Å². The number of pyridine rings is 1. The van der Waals surface area contributed by atoms with Gasteiger partial charge in [-0.1, -0.05) is 13.8 Å². The van der Waals surface area contributed by atoms with Crippen molar-refractivity contribution >= 4 is 11.7 Å². The van der Waals surface area contributed by atoms with Crippen LogP contribution in [0.5, 0.6) is 0 Å². The molecule has 2 unspecified atom stereocenters. The van der Waals surface area contributed by atoms with Gasteiger partial charge in [-0.25, -0.2) is 4.98 Å². The molecule has 2 rings (SSSR count). The Morgan fingerprint density at radius 2 is 2.11 bits per heavy atom. The van der Waals surface area contributed by atoms with Gasteiger partial charge in [0, 0.05) is 24.3 Å². The summed E-state index contributed by atoms with van der Waals surface area (Å²) in [6.07, 6.45) is 1.20. The Morgan fingerprint density at radius 3 is 2.72 bits per heavy atom. The normalized spacial score (nSPS) is 24.1. The van der Waals surface area contributed by atoms with Crippen molar-refractivity contribution in [2.24, 2.45) is 17.6 Å². The third-order valence-electron chi connectivity index (χ3n) is 3.91. The lowest BCUT2D eigenvalue weighted by molar-refractivity contribution is 0.323. The third-order valence-corrected chi connectivity index (χ3v) is 3.91. The highest BCUT2D eigenvalue weighted by molar-refractivity contribution is 5.95. The molecule has 1 aromatic rings. The van der Waals surface area contributed by atoms with E-state index in [2.05, 4.69) is 23.7 Å². The smallest absolute Gasteiger partial charge is 0.129 e. The molecule has 1 saturated heterocycles. The van der Waals surface area contributed by atoms with Crippen LogP contribution < -0.4 is 10.6 Å². The molecular weight excluding hydrogens is 224 g/mol. The van der Waals surface area contributed by atoms with Crippen LogP contribution in [0.3, 0.4) is 0 Å². The van der Waals surface area contributed by atoms with Crippen LogP contribution in [0.2, 0.25) is 0 Å². The van der Waals surface area contributed by atoms with Crippen molar-refractivity contribution < 1.29 is 0 Å². The quantitative estimate of drug-likeness (QED) is 0.620. The molecule has 1 aliphatic rings. The number of nitrogens with two attached hydrogens (primary N) is 1. The first-order chi connectivity index (χ1) is 8.47. The molecule has 0 radical (unpaired) electrons. The average molecular weight is 246 g/mol. The molecule has 0 saturated carbocycles. The summed E-state index contributed by atoms with van der Waals surface area (Å²) >= 11 is 0. The standard InChI is InChI=1S/C14H22N4/c1-9-4-5-18(8-10(9)2)13-7-12(14(15)16)6-11(3)17-13/h6-7,9-10H,4-5,8H2,1-3H3,(H3,15,16). The summed E-state index contributed by atoms with van der Waals surface area (Å²) in [7, 11) is 0. The molecule has 2 heterocycles. The molecule has 0 spiro atoms. The summed E-state index contributed by atoms with van der Waals surface area (Å²) in [6.45, 7) is 8.63. The molecule has 18 heavy (non-hydrogen) atoms. The molecule has 0 bridgehead atoms. The van der Waals surface area contributed by atoms with Crippen molar-refractivity contribution in [3.63, 3.8) is 0 Å². The fraction of sp³-hybridized carbons (Fsp3) is 0.571. The van der Waals surface area contributed by atoms with E-state index in [0.717, 1.165) is 36.1 Å². The highest BCUT2D eigenvalue weighted by atomic mass is 15.2. The van der Waals surface area contributed by atoms with Crippen molar-refractivity contribution in [2.75, 3.05) is 18.0 Å². The second-order valence-corrected chi connectivity index (χ2v) is 5.46. The second-order valence-electron chi connectivity index (χ2n) is 5.46. The minimum atomic E-state index is 0.111. The van der Waals surface area contributed by atoms with Crippen LogP contribution in [0, 0.1) is 24.2 Å². The molecule has 4 nitrogen and oxygen atoms in total. The lowest BCUT2D eigenvalue weighted by atomic mass is 9.88. The fourth-order valence-corrected chi connectivity index (χ4v) is 2.44. The van der Waals surface area contributed by atoms with Crippen molar-refractivity contribution in [1.29, 1.82) is 5.41 Å². The maximum atomic E-state index is 7.55. The van der Waals surface area contributed by atoms with Crippen LogP contribution in [0.25, 0.3) is 0 Å². The number of aromatic nitrogens is 1. The van der Waals surface area contributed by atoms with Crippen molar-refractivity contribution in [2.45, 2.75) is 27.2 Å². The monoisotopic (exact) mass is 246 g/mol. The fourth-order valence-electron chi connectivity index (χ4n) is 2.44. The number of piperidine rings is 1. The number of hydrogen-bond donors (Lipinski definition) is 2. The van der Waals surface area contributed by atoms with Gasteiger partial charge in [-0.05, 0) is 37.3 Å². The number of nitrogen functional groups attached to an aromatic ring is 1. The molecule has 0 aromatic carbocycles. The highest BCUT2D eigenvalue weighted by Crippen LogP contribution is 2.26. The maximum absolute atomic E-state index is 7.55. The molecule has 3 N–H and O–H groups in total. The predicted molar refractivity (Wildman–Crippen MR) is 75.1 cm³/mol. The summed E-state index contributed by atoms with van der Waals surface area (Å²) < 4.78 is 0. The van der Waals surface area contributed by atoms with E-state index in [1.165, 1.54) is 6.42 Å². The third kappa shape index (κ3) is 2.63. The van der Waals surface area contributed by atoms with Gasteiger partial charge in [-0.3, -0.25) is 5.41 Å².